The minimum absolute atomic E-state index is 0.00113. The van der Waals surface area contributed by atoms with Crippen molar-refractivity contribution in [3.8, 4) is 11.1 Å². The summed E-state index contributed by atoms with van der Waals surface area (Å²) in [6, 6.07) is 9.35. The summed E-state index contributed by atoms with van der Waals surface area (Å²) in [5.74, 6) is 0.883. The van der Waals surface area contributed by atoms with Gasteiger partial charge in [0.1, 0.15) is 12.0 Å². The molecule has 3 aliphatic rings. The predicted molar refractivity (Wildman–Crippen MR) is 141 cm³/mol. The Labute approximate surface area is 206 Å². The van der Waals surface area contributed by atoms with Crippen molar-refractivity contribution in [1.82, 2.24) is 0 Å². The molecule has 0 saturated carbocycles. The Morgan fingerprint density at radius 1 is 1.14 bits per heavy atom. The maximum absolute atomic E-state index is 12.3. The largest absolute Gasteiger partial charge is 0.298 e. The predicted octanol–water partition coefficient (Wildman–Crippen LogP) is 7.49. The zero-order valence-electron chi connectivity index (χ0n) is 20.5. The summed E-state index contributed by atoms with van der Waals surface area (Å²) in [6.07, 6.45) is 5.68. The number of Topliss-reactive ketones (excluding diaryl/α,β-unsaturated/α-hetero) is 1. The molecular formula is C31H29NO3. The second-order valence-corrected chi connectivity index (χ2v) is 10.2. The van der Waals surface area contributed by atoms with E-state index >= 15 is 0 Å². The van der Waals surface area contributed by atoms with Crippen molar-refractivity contribution < 1.29 is 9.59 Å². The molecule has 0 spiro atoms. The lowest BCUT2D eigenvalue weighted by atomic mass is 9.59. The van der Waals surface area contributed by atoms with Crippen molar-refractivity contribution in [3.63, 3.8) is 0 Å². The molecule has 0 bridgehead atoms. The Balaban J connectivity index is 1.66. The fraction of sp³-hybridized carbons (Fsp3) is 0.290. The molecule has 176 valence electrons. The average Bonchev–Trinajstić information content (AvgIpc) is 2.84. The van der Waals surface area contributed by atoms with Gasteiger partial charge in [0.15, 0.2) is 5.78 Å². The summed E-state index contributed by atoms with van der Waals surface area (Å²) in [4.78, 5) is 35.6. The average molecular weight is 464 g/mol. The van der Waals surface area contributed by atoms with Gasteiger partial charge in [0, 0.05) is 28.2 Å². The third-order valence-corrected chi connectivity index (χ3v) is 8.27. The summed E-state index contributed by atoms with van der Waals surface area (Å²) in [6.45, 7) is 14.5. The van der Waals surface area contributed by atoms with Crippen molar-refractivity contribution >= 4 is 23.3 Å². The van der Waals surface area contributed by atoms with Crippen molar-refractivity contribution in [2.75, 3.05) is 0 Å². The first-order valence-corrected chi connectivity index (χ1v) is 12.1. The van der Waals surface area contributed by atoms with Crippen LogP contribution in [0.1, 0.15) is 53.7 Å². The number of benzene rings is 2. The first-order chi connectivity index (χ1) is 16.8. The van der Waals surface area contributed by atoms with Crippen LogP contribution < -0.4 is 0 Å². The Hall–Kier alpha value is -3.66. The fourth-order valence-corrected chi connectivity index (χ4v) is 6.64. The molecule has 3 atom stereocenters. The number of allylic oxidation sites excluding steroid dienone is 6. The molecule has 0 radical (unpaired) electrons. The zero-order chi connectivity index (χ0) is 25.0. The van der Waals surface area contributed by atoms with Gasteiger partial charge in [-0.15, -0.1) is 4.91 Å². The standard InChI is InChI=1S/C31H29NO3/c1-16-12-27(22-8-6-21(7-9-22)20(5)34)31(32-35)30-19(4)29-18(3)28-17(2)24(15-33)11-10-23(28)13-25(29)14-26(16)30/h6-9,11-12,15,23,25,28H,2,4,10,13-14H2,1,3,5H3. The molecule has 0 amide bonds. The molecule has 3 aliphatic carbocycles. The van der Waals surface area contributed by atoms with E-state index in [0.717, 1.165) is 64.5 Å². The van der Waals surface area contributed by atoms with E-state index in [1.165, 1.54) is 18.1 Å². The van der Waals surface area contributed by atoms with Crippen LogP contribution in [0.25, 0.3) is 16.7 Å². The van der Waals surface area contributed by atoms with Gasteiger partial charge in [-0.2, -0.15) is 0 Å². The highest BCUT2D eigenvalue weighted by Crippen LogP contribution is 2.55. The van der Waals surface area contributed by atoms with Crippen molar-refractivity contribution in [1.29, 1.82) is 0 Å². The number of rotatable bonds is 4. The van der Waals surface area contributed by atoms with Crippen LogP contribution in [0.4, 0.5) is 5.69 Å². The molecule has 2 aromatic rings. The minimum atomic E-state index is 0.00113. The summed E-state index contributed by atoms with van der Waals surface area (Å²) in [5.41, 5.74) is 10.6. The number of nitrogens with zero attached hydrogens (tertiary/aromatic N) is 1. The maximum atomic E-state index is 12.3. The molecule has 5 rings (SSSR count). The lowest BCUT2D eigenvalue weighted by Gasteiger charge is -2.45. The Kier molecular flexibility index (Phi) is 5.63. The van der Waals surface area contributed by atoms with E-state index < -0.39 is 0 Å². The topological polar surface area (TPSA) is 63.6 Å². The maximum Gasteiger partial charge on any atom is 0.159 e. The summed E-state index contributed by atoms with van der Waals surface area (Å²) < 4.78 is 0. The SMILES string of the molecule is C=C1C2=C(C)C3C(=C)C(C=O)=CCC3CC2Cc2c(C)cc(-c3ccc(C(C)=O)cc3)c(N=O)c21. The van der Waals surface area contributed by atoms with Crippen LogP contribution in [-0.4, -0.2) is 12.1 Å². The third kappa shape index (κ3) is 3.51. The molecule has 0 fully saturated rings. The minimum Gasteiger partial charge on any atom is -0.298 e. The normalized spacial score (nSPS) is 23.2. The Bertz CT molecular complexity index is 1390. The van der Waals surface area contributed by atoms with E-state index in [1.807, 2.05) is 24.3 Å². The number of hydrogen-bond acceptors (Lipinski definition) is 4. The highest BCUT2D eigenvalue weighted by Gasteiger charge is 2.42. The Morgan fingerprint density at radius 2 is 1.86 bits per heavy atom. The van der Waals surface area contributed by atoms with Gasteiger partial charge in [0.2, 0.25) is 0 Å². The summed E-state index contributed by atoms with van der Waals surface area (Å²) in [7, 11) is 0. The van der Waals surface area contributed by atoms with Gasteiger partial charge in [-0.3, -0.25) is 9.59 Å². The number of carbonyl (C=O) groups excluding carboxylic acids is 2. The van der Waals surface area contributed by atoms with Crippen LogP contribution in [-0.2, 0) is 11.2 Å². The van der Waals surface area contributed by atoms with Gasteiger partial charge >= 0.3 is 0 Å². The number of fused-ring (bicyclic) bond motifs is 3. The molecule has 2 aromatic carbocycles. The van der Waals surface area contributed by atoms with Gasteiger partial charge < -0.3 is 0 Å². The van der Waals surface area contributed by atoms with Crippen molar-refractivity contribution in [3.05, 3.63) is 99.0 Å². The van der Waals surface area contributed by atoms with Crippen LogP contribution in [0.2, 0.25) is 0 Å². The van der Waals surface area contributed by atoms with Crippen LogP contribution in [0, 0.1) is 29.6 Å². The molecule has 0 saturated heterocycles. The molecular weight excluding hydrogens is 434 g/mol. The molecule has 3 unspecified atom stereocenters. The van der Waals surface area contributed by atoms with E-state index in [0.29, 0.717) is 28.7 Å². The monoisotopic (exact) mass is 463 g/mol. The molecule has 35 heavy (non-hydrogen) atoms. The van der Waals surface area contributed by atoms with Crippen molar-refractivity contribution in [2.24, 2.45) is 22.9 Å². The number of aryl methyl sites for hydroxylation is 1. The van der Waals surface area contributed by atoms with Crippen LogP contribution in [0.5, 0.6) is 0 Å². The van der Waals surface area contributed by atoms with E-state index in [9.17, 15) is 14.5 Å². The second-order valence-electron chi connectivity index (χ2n) is 10.2. The number of hydrogen-bond donors (Lipinski definition) is 0. The molecule has 0 N–H and O–H groups in total. The fourth-order valence-electron chi connectivity index (χ4n) is 6.64. The lowest BCUT2D eigenvalue weighted by molar-refractivity contribution is -0.104. The van der Waals surface area contributed by atoms with Crippen LogP contribution in [0.15, 0.2) is 77.0 Å². The number of ketones is 1. The molecule has 4 nitrogen and oxygen atoms in total. The van der Waals surface area contributed by atoms with Gasteiger partial charge in [0.05, 0.1) is 0 Å². The summed E-state index contributed by atoms with van der Waals surface area (Å²) in [5, 5.41) is 3.52. The van der Waals surface area contributed by atoms with Crippen molar-refractivity contribution in [2.45, 2.75) is 40.0 Å². The molecule has 0 aromatic heterocycles. The van der Waals surface area contributed by atoms with E-state index in [2.05, 4.69) is 32.2 Å². The van der Waals surface area contributed by atoms with E-state index in [4.69, 9.17) is 0 Å². The first kappa shape index (κ1) is 23.1. The molecule has 4 heteroatoms. The van der Waals surface area contributed by atoms with Crippen LogP contribution in [0.3, 0.4) is 0 Å². The van der Waals surface area contributed by atoms with Gasteiger partial charge in [-0.05, 0) is 96.5 Å². The quantitative estimate of drug-likeness (QED) is 0.268. The highest BCUT2D eigenvalue weighted by atomic mass is 16.3. The molecule has 0 heterocycles. The third-order valence-electron chi connectivity index (χ3n) is 8.27. The number of nitroso groups, excluding NO2 is 1. The first-order valence-electron chi connectivity index (χ1n) is 12.1. The van der Waals surface area contributed by atoms with Crippen LogP contribution >= 0.6 is 0 Å². The van der Waals surface area contributed by atoms with E-state index in [1.54, 1.807) is 12.1 Å². The van der Waals surface area contributed by atoms with E-state index in [-0.39, 0.29) is 11.7 Å². The second kappa shape index (κ2) is 8.53. The summed E-state index contributed by atoms with van der Waals surface area (Å²) >= 11 is 0. The Morgan fingerprint density at radius 3 is 2.49 bits per heavy atom. The lowest BCUT2D eigenvalue weighted by Crippen LogP contribution is -2.34. The zero-order valence-corrected chi connectivity index (χ0v) is 20.5. The highest BCUT2D eigenvalue weighted by molar-refractivity contribution is 5.97. The molecule has 0 aliphatic heterocycles. The number of carbonyl (C=O) groups is 2. The van der Waals surface area contributed by atoms with Gasteiger partial charge in [-0.25, -0.2) is 0 Å². The smallest absolute Gasteiger partial charge is 0.159 e. The number of aldehydes is 1. The van der Waals surface area contributed by atoms with Gasteiger partial charge in [0.25, 0.3) is 0 Å². The van der Waals surface area contributed by atoms with Gasteiger partial charge in [-0.1, -0.05) is 49.1 Å².